The van der Waals surface area contributed by atoms with E-state index >= 15 is 0 Å². The van der Waals surface area contributed by atoms with Gasteiger partial charge in [0.25, 0.3) is 0 Å². The Bertz CT molecular complexity index is 1300. The average molecular weight is 497 g/mol. The molecule has 3 heterocycles. The van der Waals surface area contributed by atoms with Gasteiger partial charge < -0.3 is 19.3 Å². The topological polar surface area (TPSA) is 120 Å². The Labute approximate surface area is 203 Å². The monoisotopic (exact) mass is 496 g/mol. The van der Waals surface area contributed by atoms with E-state index in [1.165, 1.54) is 28.6 Å². The minimum atomic E-state index is -3.71. The van der Waals surface area contributed by atoms with Gasteiger partial charge in [0.05, 0.1) is 22.4 Å². The first-order valence-electron chi connectivity index (χ1n) is 11.4. The average Bonchev–Trinajstić information content (AvgIpc) is 3.29. The van der Waals surface area contributed by atoms with Crippen LogP contribution in [-0.2, 0) is 19.6 Å². The van der Waals surface area contributed by atoms with Crippen LogP contribution >= 0.6 is 0 Å². The molecule has 0 saturated carbocycles. The van der Waals surface area contributed by atoms with Crippen LogP contribution in [0.5, 0.6) is 11.5 Å². The van der Waals surface area contributed by atoms with Gasteiger partial charge in [-0.3, -0.25) is 9.59 Å². The highest BCUT2D eigenvalue weighted by Gasteiger charge is 2.39. The summed E-state index contributed by atoms with van der Waals surface area (Å²) in [6.45, 7) is 2.03. The van der Waals surface area contributed by atoms with Crippen molar-refractivity contribution in [2.45, 2.75) is 11.3 Å². The summed E-state index contributed by atoms with van der Waals surface area (Å²) in [6.07, 6.45) is 0.108. The van der Waals surface area contributed by atoms with E-state index in [0.717, 1.165) is 0 Å². The molecule has 10 nitrogen and oxygen atoms in total. The van der Waals surface area contributed by atoms with Gasteiger partial charge in [-0.15, -0.1) is 0 Å². The van der Waals surface area contributed by atoms with Gasteiger partial charge in [-0.05, 0) is 36.4 Å². The number of hydrogen-bond donors (Lipinski definition) is 0. The molecule has 3 aliphatic heterocycles. The molecular formula is C24H24N4O6S. The summed E-state index contributed by atoms with van der Waals surface area (Å²) in [5, 5.41) is 8.91. The summed E-state index contributed by atoms with van der Waals surface area (Å²) < 4.78 is 38.3. The number of nitrogens with zero attached hydrogens (tertiary/aromatic N) is 4. The Morgan fingerprint density at radius 3 is 2.34 bits per heavy atom. The van der Waals surface area contributed by atoms with E-state index in [1.807, 2.05) is 6.07 Å². The van der Waals surface area contributed by atoms with E-state index in [-0.39, 0.29) is 55.9 Å². The molecule has 11 heteroatoms. The quantitative estimate of drug-likeness (QED) is 0.624. The molecule has 0 unspecified atom stereocenters. The second-order valence-corrected chi connectivity index (χ2v) is 10.5. The van der Waals surface area contributed by atoms with E-state index in [4.69, 9.17) is 14.7 Å². The number of sulfonamides is 1. The molecule has 0 bridgehead atoms. The Kier molecular flexibility index (Phi) is 6.08. The Morgan fingerprint density at radius 2 is 1.66 bits per heavy atom. The summed E-state index contributed by atoms with van der Waals surface area (Å²) in [5.41, 5.74) is 1.05. The number of anilines is 1. The molecule has 35 heavy (non-hydrogen) atoms. The SMILES string of the molecule is N#Cc1ccc(S(=O)(=O)N2CCN(C(=O)[C@H]3CC(=O)N(c4ccc5c(c4)OCCO5)C3)CC2)cc1. The van der Waals surface area contributed by atoms with Crippen molar-refractivity contribution in [3.63, 3.8) is 0 Å². The minimum Gasteiger partial charge on any atom is -0.486 e. The maximum Gasteiger partial charge on any atom is 0.243 e. The van der Waals surface area contributed by atoms with E-state index in [0.29, 0.717) is 36.0 Å². The first-order valence-corrected chi connectivity index (χ1v) is 12.8. The van der Waals surface area contributed by atoms with Crippen molar-refractivity contribution < 1.29 is 27.5 Å². The summed E-state index contributed by atoms with van der Waals surface area (Å²) in [5.74, 6) is 0.442. The number of benzene rings is 2. The van der Waals surface area contributed by atoms with Crippen LogP contribution in [0.3, 0.4) is 0 Å². The number of nitriles is 1. The van der Waals surface area contributed by atoms with Crippen LogP contribution in [0, 0.1) is 17.2 Å². The zero-order chi connectivity index (χ0) is 24.6. The second-order valence-electron chi connectivity index (χ2n) is 8.60. The van der Waals surface area contributed by atoms with Crippen molar-refractivity contribution in [3.05, 3.63) is 48.0 Å². The highest BCUT2D eigenvalue weighted by molar-refractivity contribution is 7.89. The van der Waals surface area contributed by atoms with Gasteiger partial charge in [-0.2, -0.15) is 9.57 Å². The number of carbonyl (C=O) groups excluding carboxylic acids is 2. The molecule has 1 atom stereocenters. The number of ether oxygens (including phenoxy) is 2. The van der Waals surface area contributed by atoms with Crippen molar-refractivity contribution >= 4 is 27.5 Å². The molecule has 2 saturated heterocycles. The second kappa shape index (κ2) is 9.20. The van der Waals surface area contributed by atoms with Crippen molar-refractivity contribution in [2.75, 3.05) is 50.8 Å². The van der Waals surface area contributed by atoms with Crippen molar-refractivity contribution in [1.82, 2.24) is 9.21 Å². The lowest BCUT2D eigenvalue weighted by Crippen LogP contribution is -2.52. The summed E-state index contributed by atoms with van der Waals surface area (Å²) in [4.78, 5) is 29.2. The summed E-state index contributed by atoms with van der Waals surface area (Å²) in [7, 11) is -3.71. The number of carbonyl (C=O) groups is 2. The molecule has 2 aromatic rings. The predicted molar refractivity (Wildman–Crippen MR) is 124 cm³/mol. The van der Waals surface area contributed by atoms with Gasteiger partial charge in [-0.25, -0.2) is 8.42 Å². The third-order valence-electron chi connectivity index (χ3n) is 6.48. The van der Waals surface area contributed by atoms with Gasteiger partial charge in [0.2, 0.25) is 21.8 Å². The fourth-order valence-corrected chi connectivity index (χ4v) is 6.00. The lowest BCUT2D eigenvalue weighted by Gasteiger charge is -2.35. The van der Waals surface area contributed by atoms with E-state index in [1.54, 1.807) is 28.0 Å². The standard InChI is InChI=1S/C24H24N4O6S/c25-15-17-1-4-20(5-2-17)35(31,32)27-9-7-26(8-10-27)24(30)18-13-23(29)28(16-18)19-3-6-21-22(14-19)34-12-11-33-21/h1-6,14,18H,7-13,16H2/t18-/m0/s1. The van der Waals surface area contributed by atoms with Gasteiger partial charge >= 0.3 is 0 Å². The first-order chi connectivity index (χ1) is 16.9. The summed E-state index contributed by atoms with van der Waals surface area (Å²) in [6, 6.07) is 13.0. The van der Waals surface area contributed by atoms with Crippen LogP contribution in [0.4, 0.5) is 5.69 Å². The Morgan fingerprint density at radius 1 is 0.971 bits per heavy atom. The normalized spacial score (nSPS) is 20.5. The fraction of sp³-hybridized carbons (Fsp3) is 0.375. The highest BCUT2D eigenvalue weighted by Crippen LogP contribution is 2.36. The zero-order valence-electron chi connectivity index (χ0n) is 18.9. The number of rotatable bonds is 4. The Balaban J connectivity index is 1.21. The maximum atomic E-state index is 13.2. The number of piperazine rings is 1. The van der Waals surface area contributed by atoms with Crippen molar-refractivity contribution in [2.24, 2.45) is 5.92 Å². The predicted octanol–water partition coefficient (Wildman–Crippen LogP) is 1.22. The van der Waals surface area contributed by atoms with Crippen molar-refractivity contribution in [3.8, 4) is 17.6 Å². The van der Waals surface area contributed by atoms with Crippen LogP contribution in [0.15, 0.2) is 47.4 Å². The molecule has 0 aliphatic carbocycles. The highest BCUT2D eigenvalue weighted by atomic mass is 32.2. The third kappa shape index (κ3) is 4.42. The maximum absolute atomic E-state index is 13.2. The van der Waals surface area contributed by atoms with Crippen LogP contribution in [0.1, 0.15) is 12.0 Å². The molecule has 0 spiro atoms. The fourth-order valence-electron chi connectivity index (χ4n) is 4.58. The smallest absolute Gasteiger partial charge is 0.243 e. The van der Waals surface area contributed by atoms with Crippen LogP contribution in [0.25, 0.3) is 0 Å². The van der Waals surface area contributed by atoms with Gasteiger partial charge in [0.1, 0.15) is 13.2 Å². The molecule has 5 rings (SSSR count). The molecular weight excluding hydrogens is 472 g/mol. The molecule has 0 radical (unpaired) electrons. The molecule has 2 aromatic carbocycles. The van der Waals surface area contributed by atoms with Crippen molar-refractivity contribution in [1.29, 1.82) is 5.26 Å². The van der Waals surface area contributed by atoms with E-state index < -0.39 is 15.9 Å². The molecule has 2 amide bonds. The molecule has 0 N–H and O–H groups in total. The van der Waals surface area contributed by atoms with Gasteiger partial charge in [-0.1, -0.05) is 0 Å². The lowest BCUT2D eigenvalue weighted by molar-refractivity contribution is -0.136. The summed E-state index contributed by atoms with van der Waals surface area (Å²) >= 11 is 0. The van der Waals surface area contributed by atoms with Crippen LogP contribution in [0.2, 0.25) is 0 Å². The molecule has 3 aliphatic rings. The van der Waals surface area contributed by atoms with Crippen LogP contribution in [-0.4, -0.2) is 75.4 Å². The number of fused-ring (bicyclic) bond motifs is 1. The first kappa shape index (κ1) is 23.1. The molecule has 182 valence electrons. The largest absolute Gasteiger partial charge is 0.486 e. The zero-order valence-corrected chi connectivity index (χ0v) is 19.7. The number of amides is 2. The third-order valence-corrected chi connectivity index (χ3v) is 8.40. The Hall–Kier alpha value is -3.62. The molecule has 0 aromatic heterocycles. The lowest BCUT2D eigenvalue weighted by atomic mass is 10.1. The van der Waals surface area contributed by atoms with Crippen LogP contribution < -0.4 is 14.4 Å². The van der Waals surface area contributed by atoms with Gasteiger partial charge in [0, 0.05) is 50.9 Å². The van der Waals surface area contributed by atoms with E-state index in [9.17, 15) is 18.0 Å². The minimum absolute atomic E-state index is 0.108. The van der Waals surface area contributed by atoms with E-state index in [2.05, 4.69) is 0 Å². The molecule has 2 fully saturated rings. The number of hydrogen-bond acceptors (Lipinski definition) is 7. The van der Waals surface area contributed by atoms with Gasteiger partial charge in [0.15, 0.2) is 11.5 Å².